The number of methoxy groups -OCH3 is 1. The van der Waals surface area contributed by atoms with Crippen molar-refractivity contribution in [2.24, 2.45) is 0 Å². The van der Waals surface area contributed by atoms with Crippen LogP contribution in [-0.2, 0) is 0 Å². The largest absolute Gasteiger partial charge is 0.496 e. The van der Waals surface area contributed by atoms with E-state index in [1.807, 2.05) is 0 Å². The number of carbonyl (C=O) groups excluding carboxylic acids is 1. The van der Waals surface area contributed by atoms with Crippen molar-refractivity contribution in [3.05, 3.63) is 35.4 Å². The average molecular weight is 260 g/mol. The van der Waals surface area contributed by atoms with Crippen molar-refractivity contribution in [2.45, 2.75) is 25.7 Å². The number of hydrogen-bond acceptors (Lipinski definition) is 3. The van der Waals surface area contributed by atoms with Crippen molar-refractivity contribution in [3.63, 3.8) is 0 Å². The van der Waals surface area contributed by atoms with Crippen molar-refractivity contribution in [3.8, 4) is 5.75 Å². The zero-order valence-corrected chi connectivity index (χ0v) is 11.2. The van der Waals surface area contributed by atoms with Gasteiger partial charge in [-0.25, -0.2) is 0 Å². The van der Waals surface area contributed by atoms with Gasteiger partial charge in [0.25, 0.3) is 5.91 Å². The molecule has 19 heavy (non-hydrogen) atoms. The van der Waals surface area contributed by atoms with Gasteiger partial charge in [0, 0.05) is 12.2 Å². The Morgan fingerprint density at radius 3 is 3.00 bits per heavy atom. The lowest BCUT2D eigenvalue weighted by atomic mass is 10.1. The Morgan fingerprint density at radius 2 is 2.32 bits per heavy atom. The lowest BCUT2D eigenvalue weighted by Crippen LogP contribution is -2.25. The van der Waals surface area contributed by atoms with E-state index in [1.54, 1.807) is 25.3 Å². The number of amides is 1. The molecule has 102 valence electrons. The molecule has 0 saturated heterocycles. The summed E-state index contributed by atoms with van der Waals surface area (Å²) in [6.07, 6.45) is 6.78. The van der Waals surface area contributed by atoms with Crippen LogP contribution in [0, 0.1) is 0 Å². The van der Waals surface area contributed by atoms with Crippen LogP contribution in [0.15, 0.2) is 29.8 Å². The molecule has 1 aromatic rings. The second-order valence-corrected chi connectivity index (χ2v) is 4.72. The van der Waals surface area contributed by atoms with Crippen molar-refractivity contribution in [2.75, 3.05) is 19.4 Å². The third-order valence-electron chi connectivity index (χ3n) is 3.33. The molecule has 1 amide bonds. The van der Waals surface area contributed by atoms with Gasteiger partial charge in [-0.1, -0.05) is 11.6 Å². The van der Waals surface area contributed by atoms with Gasteiger partial charge in [0.1, 0.15) is 5.75 Å². The molecule has 0 spiro atoms. The quantitative estimate of drug-likeness (QED) is 0.631. The minimum absolute atomic E-state index is 0.136. The van der Waals surface area contributed by atoms with Gasteiger partial charge in [-0.15, -0.1) is 0 Å². The minimum atomic E-state index is -0.136. The third kappa shape index (κ3) is 3.50. The van der Waals surface area contributed by atoms with Gasteiger partial charge in [-0.2, -0.15) is 0 Å². The van der Waals surface area contributed by atoms with Crippen LogP contribution in [0.5, 0.6) is 5.75 Å². The maximum absolute atomic E-state index is 12.1. The number of nitrogen functional groups attached to an aromatic ring is 1. The van der Waals surface area contributed by atoms with Crippen molar-refractivity contribution < 1.29 is 9.53 Å². The van der Waals surface area contributed by atoms with Crippen LogP contribution in [0.3, 0.4) is 0 Å². The Labute approximate surface area is 113 Å². The van der Waals surface area contributed by atoms with Gasteiger partial charge >= 0.3 is 0 Å². The fraction of sp³-hybridized carbons (Fsp3) is 0.400. The topological polar surface area (TPSA) is 64.3 Å². The number of allylic oxidation sites excluding steroid dienone is 1. The average Bonchev–Trinajstić information content (AvgIpc) is 2.91. The maximum atomic E-state index is 12.1. The highest BCUT2D eigenvalue weighted by Crippen LogP contribution is 2.22. The molecule has 1 aliphatic carbocycles. The number of nitrogens with two attached hydrogens (primary N) is 1. The number of anilines is 1. The van der Waals surface area contributed by atoms with Crippen LogP contribution in [-0.4, -0.2) is 19.6 Å². The van der Waals surface area contributed by atoms with E-state index >= 15 is 0 Å². The summed E-state index contributed by atoms with van der Waals surface area (Å²) in [6, 6.07) is 5.08. The second kappa shape index (κ2) is 6.27. The van der Waals surface area contributed by atoms with Crippen LogP contribution in [0.1, 0.15) is 36.0 Å². The molecule has 4 heteroatoms. The monoisotopic (exact) mass is 260 g/mol. The minimum Gasteiger partial charge on any atom is -0.496 e. The van der Waals surface area contributed by atoms with Crippen LogP contribution in [0.25, 0.3) is 0 Å². The molecule has 3 N–H and O–H groups in total. The first kappa shape index (κ1) is 13.5. The van der Waals surface area contributed by atoms with Crippen molar-refractivity contribution in [1.29, 1.82) is 0 Å². The summed E-state index contributed by atoms with van der Waals surface area (Å²) >= 11 is 0. The predicted molar refractivity (Wildman–Crippen MR) is 76.3 cm³/mol. The Hall–Kier alpha value is -1.97. The summed E-state index contributed by atoms with van der Waals surface area (Å²) < 4.78 is 5.17. The lowest BCUT2D eigenvalue weighted by Gasteiger charge is -2.10. The Bertz CT molecular complexity index is 495. The van der Waals surface area contributed by atoms with E-state index in [4.69, 9.17) is 10.5 Å². The van der Waals surface area contributed by atoms with Crippen LogP contribution >= 0.6 is 0 Å². The van der Waals surface area contributed by atoms with Gasteiger partial charge in [0.15, 0.2) is 0 Å². The fourth-order valence-corrected chi connectivity index (χ4v) is 2.30. The second-order valence-electron chi connectivity index (χ2n) is 4.72. The first-order valence-electron chi connectivity index (χ1n) is 6.60. The molecule has 1 aliphatic rings. The Kier molecular flexibility index (Phi) is 4.44. The maximum Gasteiger partial charge on any atom is 0.255 e. The highest BCUT2D eigenvalue weighted by molar-refractivity contribution is 5.97. The summed E-state index contributed by atoms with van der Waals surface area (Å²) in [7, 11) is 1.55. The Morgan fingerprint density at radius 1 is 1.47 bits per heavy atom. The first-order valence-corrected chi connectivity index (χ1v) is 6.60. The summed E-state index contributed by atoms with van der Waals surface area (Å²) in [5, 5.41) is 2.91. The highest BCUT2D eigenvalue weighted by Gasteiger charge is 2.12. The normalized spacial score (nSPS) is 14.1. The van der Waals surface area contributed by atoms with Gasteiger partial charge in [-0.05, 0) is 43.9 Å². The summed E-state index contributed by atoms with van der Waals surface area (Å²) in [5.41, 5.74) is 8.20. The molecule has 0 aromatic heterocycles. The number of ether oxygens (including phenoxy) is 1. The molecule has 0 bridgehead atoms. The molecular formula is C15H20N2O2. The third-order valence-corrected chi connectivity index (χ3v) is 3.33. The van der Waals surface area contributed by atoms with E-state index in [0.29, 0.717) is 23.5 Å². The van der Waals surface area contributed by atoms with Crippen LogP contribution < -0.4 is 15.8 Å². The molecule has 0 fully saturated rings. The van der Waals surface area contributed by atoms with E-state index in [0.717, 1.165) is 12.8 Å². The van der Waals surface area contributed by atoms with Crippen molar-refractivity contribution in [1.82, 2.24) is 5.32 Å². The molecule has 0 aliphatic heterocycles. The zero-order valence-electron chi connectivity index (χ0n) is 11.2. The van der Waals surface area contributed by atoms with E-state index < -0.39 is 0 Å². The lowest BCUT2D eigenvalue weighted by molar-refractivity contribution is 0.0951. The van der Waals surface area contributed by atoms with Gasteiger partial charge in [0.2, 0.25) is 0 Å². The number of rotatable bonds is 5. The SMILES string of the molecule is COc1ccc(N)cc1C(=O)NCCC1=CCCC1. The zero-order chi connectivity index (χ0) is 13.7. The summed E-state index contributed by atoms with van der Waals surface area (Å²) in [5.74, 6) is 0.412. The van der Waals surface area contributed by atoms with E-state index in [-0.39, 0.29) is 5.91 Å². The number of nitrogens with one attached hydrogen (secondary N) is 1. The van der Waals surface area contributed by atoms with Gasteiger partial charge in [-0.3, -0.25) is 4.79 Å². The highest BCUT2D eigenvalue weighted by atomic mass is 16.5. The van der Waals surface area contributed by atoms with Gasteiger partial charge in [0.05, 0.1) is 12.7 Å². The number of carbonyl (C=O) groups is 1. The molecule has 0 saturated carbocycles. The smallest absolute Gasteiger partial charge is 0.255 e. The van der Waals surface area contributed by atoms with Crippen LogP contribution in [0.4, 0.5) is 5.69 Å². The number of hydrogen-bond donors (Lipinski definition) is 2. The van der Waals surface area contributed by atoms with E-state index in [1.165, 1.54) is 18.4 Å². The summed E-state index contributed by atoms with van der Waals surface area (Å²) in [4.78, 5) is 12.1. The van der Waals surface area contributed by atoms with Gasteiger partial charge < -0.3 is 15.8 Å². The fourth-order valence-electron chi connectivity index (χ4n) is 2.30. The molecule has 0 atom stereocenters. The van der Waals surface area contributed by atoms with Crippen LogP contribution in [0.2, 0.25) is 0 Å². The molecule has 0 unspecified atom stereocenters. The number of benzene rings is 1. The Balaban J connectivity index is 1.93. The standard InChI is InChI=1S/C15H20N2O2/c1-19-14-7-6-12(16)10-13(14)15(18)17-9-8-11-4-2-3-5-11/h4,6-7,10H,2-3,5,8-9,16H2,1H3,(H,17,18). The van der Waals surface area contributed by atoms with Crippen molar-refractivity contribution >= 4 is 11.6 Å². The first-order chi connectivity index (χ1) is 9.20. The van der Waals surface area contributed by atoms with E-state index in [9.17, 15) is 4.79 Å². The predicted octanol–water partition coefficient (Wildman–Crippen LogP) is 2.51. The summed E-state index contributed by atoms with van der Waals surface area (Å²) in [6.45, 7) is 0.655. The molecule has 2 rings (SSSR count). The molecule has 1 aromatic carbocycles. The molecule has 0 radical (unpaired) electrons. The molecular weight excluding hydrogens is 240 g/mol. The van der Waals surface area contributed by atoms with E-state index in [2.05, 4.69) is 11.4 Å². The molecule has 4 nitrogen and oxygen atoms in total. The molecule has 0 heterocycles.